The summed E-state index contributed by atoms with van der Waals surface area (Å²) < 4.78 is 0. The molecular weight excluding hydrogens is 370 g/mol. The number of β-lactam (4-membered cyclic amide) rings is 1. The van der Waals surface area contributed by atoms with Crippen LogP contribution in [0.15, 0.2) is 66.7 Å². The maximum atomic E-state index is 12.6. The lowest BCUT2D eigenvalue weighted by Crippen LogP contribution is -2.56. The van der Waals surface area contributed by atoms with Crippen molar-refractivity contribution in [2.45, 2.75) is 24.8 Å². The highest BCUT2D eigenvalue weighted by Crippen LogP contribution is 2.43. The van der Waals surface area contributed by atoms with Gasteiger partial charge < -0.3 is 4.90 Å². The van der Waals surface area contributed by atoms with Crippen LogP contribution < -0.4 is 4.90 Å². The van der Waals surface area contributed by atoms with E-state index in [1.54, 1.807) is 4.90 Å². The largest absolute Gasteiger partial charge is 0.301 e. The first-order valence-corrected chi connectivity index (χ1v) is 9.82. The Morgan fingerprint density at radius 3 is 2.50 bits per heavy atom. The standard InChI is InChI=1S/C23H18ClN3O/c1-2-14-8-10-17-18-13-16(9-11-19(18)25-26-20(17)12-14)27-22(21(24)23(27)28)15-6-4-3-5-7-15/h3-13,21-22H,2H2,1H3. The van der Waals surface area contributed by atoms with Crippen LogP contribution in [0.4, 0.5) is 5.69 Å². The number of hydrogen-bond acceptors (Lipinski definition) is 3. The highest BCUT2D eigenvalue weighted by atomic mass is 35.5. The first-order chi connectivity index (χ1) is 13.7. The van der Waals surface area contributed by atoms with E-state index in [0.29, 0.717) is 0 Å². The molecule has 0 aliphatic carbocycles. The Bertz CT molecular complexity index is 1210. The number of fused-ring (bicyclic) bond motifs is 3. The molecule has 5 rings (SSSR count). The summed E-state index contributed by atoms with van der Waals surface area (Å²) in [6.45, 7) is 2.12. The zero-order chi connectivity index (χ0) is 19.3. The number of amides is 1. The fraction of sp³-hybridized carbons (Fsp3) is 0.174. The number of rotatable bonds is 3. The molecule has 28 heavy (non-hydrogen) atoms. The van der Waals surface area contributed by atoms with Gasteiger partial charge in [0.25, 0.3) is 0 Å². The predicted molar refractivity (Wildman–Crippen MR) is 113 cm³/mol. The van der Waals surface area contributed by atoms with E-state index in [2.05, 4.69) is 35.3 Å². The summed E-state index contributed by atoms with van der Waals surface area (Å²) in [5.41, 5.74) is 4.77. The molecule has 4 aromatic rings. The van der Waals surface area contributed by atoms with Gasteiger partial charge in [0.15, 0.2) is 0 Å². The Balaban J connectivity index is 1.64. The summed E-state index contributed by atoms with van der Waals surface area (Å²) in [5, 5.41) is 10.2. The SMILES string of the molecule is CCc1ccc2c(c1)nnc1ccc(N3C(=O)C(Cl)C3c3ccccc3)cc12. The number of carbonyl (C=O) groups is 1. The molecular formula is C23H18ClN3O. The molecule has 1 aliphatic rings. The number of halogens is 1. The van der Waals surface area contributed by atoms with Crippen LogP contribution in [0.1, 0.15) is 24.1 Å². The second kappa shape index (κ2) is 6.57. The predicted octanol–water partition coefficient (Wildman–Crippen LogP) is 5.04. The fourth-order valence-electron chi connectivity index (χ4n) is 3.90. The molecule has 0 bridgehead atoms. The molecule has 1 aromatic heterocycles. The third kappa shape index (κ3) is 2.56. The summed E-state index contributed by atoms with van der Waals surface area (Å²) in [4.78, 5) is 14.4. The van der Waals surface area contributed by atoms with Crippen LogP contribution in [0.3, 0.4) is 0 Å². The van der Waals surface area contributed by atoms with Gasteiger partial charge in [0.05, 0.1) is 17.1 Å². The lowest BCUT2D eigenvalue weighted by atomic mass is 9.92. The molecule has 2 atom stereocenters. The topological polar surface area (TPSA) is 46.1 Å². The minimum Gasteiger partial charge on any atom is -0.301 e. The van der Waals surface area contributed by atoms with E-state index < -0.39 is 5.38 Å². The van der Waals surface area contributed by atoms with Gasteiger partial charge in [-0.15, -0.1) is 21.8 Å². The van der Waals surface area contributed by atoms with Crippen LogP contribution in [-0.4, -0.2) is 21.5 Å². The first-order valence-electron chi connectivity index (χ1n) is 9.38. The van der Waals surface area contributed by atoms with Gasteiger partial charge in [-0.25, -0.2) is 0 Å². The Kier molecular flexibility index (Phi) is 4.02. The molecule has 0 radical (unpaired) electrons. The quantitative estimate of drug-likeness (QED) is 0.281. The molecule has 0 N–H and O–H groups in total. The number of carbonyl (C=O) groups excluding carboxylic acids is 1. The maximum Gasteiger partial charge on any atom is 0.248 e. The van der Waals surface area contributed by atoms with Crippen molar-refractivity contribution in [2.24, 2.45) is 0 Å². The minimum absolute atomic E-state index is 0.0746. The van der Waals surface area contributed by atoms with E-state index >= 15 is 0 Å². The van der Waals surface area contributed by atoms with Gasteiger partial charge in [0.1, 0.15) is 5.38 Å². The molecule has 3 aromatic carbocycles. The van der Waals surface area contributed by atoms with Crippen molar-refractivity contribution in [3.63, 3.8) is 0 Å². The van der Waals surface area contributed by atoms with Gasteiger partial charge in [-0.2, -0.15) is 0 Å². The van der Waals surface area contributed by atoms with Crippen molar-refractivity contribution in [1.82, 2.24) is 10.2 Å². The normalized spacial score (nSPS) is 19.2. The lowest BCUT2D eigenvalue weighted by molar-refractivity contribution is -0.123. The molecule has 4 nitrogen and oxygen atoms in total. The van der Waals surface area contributed by atoms with E-state index in [4.69, 9.17) is 11.6 Å². The molecule has 1 fully saturated rings. The first kappa shape index (κ1) is 17.1. The van der Waals surface area contributed by atoms with Crippen molar-refractivity contribution < 1.29 is 4.79 Å². The van der Waals surface area contributed by atoms with Crippen LogP contribution in [0.25, 0.3) is 21.8 Å². The number of alkyl halides is 1. The molecule has 2 heterocycles. The van der Waals surface area contributed by atoms with Crippen molar-refractivity contribution in [2.75, 3.05) is 4.90 Å². The Labute approximate surface area is 167 Å². The number of aromatic nitrogens is 2. The third-order valence-electron chi connectivity index (χ3n) is 5.45. The highest BCUT2D eigenvalue weighted by Gasteiger charge is 2.47. The van der Waals surface area contributed by atoms with Gasteiger partial charge in [0, 0.05) is 16.5 Å². The molecule has 2 unspecified atom stereocenters. The second-order valence-electron chi connectivity index (χ2n) is 7.07. The molecule has 1 aliphatic heterocycles. The molecule has 1 amide bonds. The van der Waals surface area contributed by atoms with Gasteiger partial charge in [-0.3, -0.25) is 4.79 Å². The van der Waals surface area contributed by atoms with E-state index in [9.17, 15) is 4.79 Å². The Morgan fingerprint density at radius 1 is 0.929 bits per heavy atom. The number of nitrogens with zero attached hydrogens (tertiary/aromatic N) is 3. The van der Waals surface area contributed by atoms with Crippen LogP contribution >= 0.6 is 11.6 Å². The number of aryl methyl sites for hydroxylation is 1. The minimum atomic E-state index is -0.544. The molecule has 0 spiro atoms. The van der Waals surface area contributed by atoms with Crippen LogP contribution in [0, 0.1) is 0 Å². The van der Waals surface area contributed by atoms with E-state index in [-0.39, 0.29) is 11.9 Å². The highest BCUT2D eigenvalue weighted by molar-refractivity contribution is 6.37. The van der Waals surface area contributed by atoms with Crippen molar-refractivity contribution in [3.8, 4) is 0 Å². The molecule has 138 valence electrons. The number of anilines is 1. The summed E-state index contributed by atoms with van der Waals surface area (Å²) in [5.74, 6) is -0.0746. The van der Waals surface area contributed by atoms with Crippen LogP contribution in [0.2, 0.25) is 0 Å². The van der Waals surface area contributed by atoms with E-state index in [1.807, 2.05) is 48.5 Å². The Morgan fingerprint density at radius 2 is 1.71 bits per heavy atom. The van der Waals surface area contributed by atoms with Crippen LogP contribution in [-0.2, 0) is 11.2 Å². The smallest absolute Gasteiger partial charge is 0.248 e. The molecule has 5 heteroatoms. The summed E-state index contributed by atoms with van der Waals surface area (Å²) >= 11 is 6.38. The fourth-order valence-corrected chi connectivity index (χ4v) is 4.27. The van der Waals surface area contributed by atoms with Gasteiger partial charge in [-0.05, 0) is 41.8 Å². The summed E-state index contributed by atoms with van der Waals surface area (Å²) in [6, 6.07) is 21.9. The summed E-state index contributed by atoms with van der Waals surface area (Å²) in [7, 11) is 0. The zero-order valence-corrected chi connectivity index (χ0v) is 16.1. The zero-order valence-electron chi connectivity index (χ0n) is 15.3. The summed E-state index contributed by atoms with van der Waals surface area (Å²) in [6.07, 6.45) is 0.952. The van der Waals surface area contributed by atoms with Crippen molar-refractivity contribution in [1.29, 1.82) is 0 Å². The third-order valence-corrected chi connectivity index (χ3v) is 5.88. The van der Waals surface area contributed by atoms with Crippen molar-refractivity contribution >= 4 is 45.0 Å². The maximum absolute atomic E-state index is 12.6. The van der Waals surface area contributed by atoms with E-state index in [1.165, 1.54) is 5.56 Å². The van der Waals surface area contributed by atoms with Gasteiger partial charge in [0.2, 0.25) is 5.91 Å². The number of benzene rings is 3. The monoisotopic (exact) mass is 387 g/mol. The van der Waals surface area contributed by atoms with Crippen LogP contribution in [0.5, 0.6) is 0 Å². The Hall–Kier alpha value is -2.98. The van der Waals surface area contributed by atoms with E-state index in [0.717, 1.165) is 39.5 Å². The van der Waals surface area contributed by atoms with Crippen molar-refractivity contribution in [3.05, 3.63) is 77.9 Å². The lowest BCUT2D eigenvalue weighted by Gasteiger charge is -2.44. The average molecular weight is 388 g/mol. The van der Waals surface area contributed by atoms with Gasteiger partial charge in [-0.1, -0.05) is 49.4 Å². The van der Waals surface area contributed by atoms with Gasteiger partial charge >= 0.3 is 0 Å². The average Bonchev–Trinajstić information content (AvgIpc) is 2.76. The molecule has 0 saturated carbocycles. The number of hydrogen-bond donors (Lipinski definition) is 0. The molecule has 1 saturated heterocycles. The second-order valence-corrected chi connectivity index (χ2v) is 7.54.